The van der Waals surface area contributed by atoms with Crippen LogP contribution in [0.15, 0.2) is 4.99 Å². The number of aliphatic imine (C=N–C) groups is 1. The number of nitrogens with zero attached hydrogens (tertiary/aromatic N) is 2. The van der Waals surface area contributed by atoms with E-state index in [4.69, 9.17) is 10.5 Å². The normalized spacial score (nSPS) is 12.4. The van der Waals surface area contributed by atoms with Crippen molar-refractivity contribution in [3.8, 4) is 0 Å². The molecule has 0 radical (unpaired) electrons. The molecule has 0 aromatic rings. The summed E-state index contributed by atoms with van der Waals surface area (Å²) in [5, 5.41) is 3.02. The Balaban J connectivity index is 4.27. The van der Waals surface area contributed by atoms with E-state index in [1.165, 1.54) is 0 Å². The van der Waals surface area contributed by atoms with Crippen LogP contribution in [0.5, 0.6) is 0 Å². The summed E-state index contributed by atoms with van der Waals surface area (Å²) in [5.74, 6) is 0.896. The predicted molar refractivity (Wildman–Crippen MR) is 87.4 cm³/mol. The van der Waals surface area contributed by atoms with Crippen molar-refractivity contribution in [1.82, 2.24) is 10.2 Å². The van der Waals surface area contributed by atoms with Gasteiger partial charge in [0.05, 0.1) is 0 Å². The Morgan fingerprint density at radius 3 is 2.43 bits per heavy atom. The number of rotatable bonds is 7. The highest BCUT2D eigenvalue weighted by molar-refractivity contribution is 5.77. The summed E-state index contributed by atoms with van der Waals surface area (Å²) in [5.41, 5.74) is 5.29. The highest BCUT2D eigenvalue weighted by atomic mass is 16.6. The third kappa shape index (κ3) is 10.9. The number of amides is 1. The third-order valence-electron chi connectivity index (χ3n) is 2.46. The molecule has 0 spiro atoms. The van der Waals surface area contributed by atoms with Gasteiger partial charge in [-0.05, 0) is 33.1 Å². The molecule has 3 N–H and O–H groups in total. The first-order valence-corrected chi connectivity index (χ1v) is 7.67. The van der Waals surface area contributed by atoms with Gasteiger partial charge in [-0.25, -0.2) is 4.79 Å². The Hall–Kier alpha value is -1.46. The van der Waals surface area contributed by atoms with Gasteiger partial charge in [0.1, 0.15) is 5.60 Å². The van der Waals surface area contributed by atoms with E-state index in [1.807, 2.05) is 27.7 Å². The fourth-order valence-corrected chi connectivity index (χ4v) is 1.55. The van der Waals surface area contributed by atoms with Gasteiger partial charge in [0.15, 0.2) is 5.96 Å². The average Bonchev–Trinajstić information content (AvgIpc) is 2.33. The van der Waals surface area contributed by atoms with Gasteiger partial charge >= 0.3 is 6.09 Å². The fraction of sp³-hybridized carbons (Fsp3) is 0.867. The van der Waals surface area contributed by atoms with Crippen LogP contribution in [0.1, 0.15) is 48.0 Å². The van der Waals surface area contributed by atoms with Crippen LogP contribution in [-0.4, -0.2) is 48.7 Å². The second-order valence-corrected chi connectivity index (χ2v) is 6.51. The molecule has 0 aromatic carbocycles. The quantitative estimate of drug-likeness (QED) is 0.558. The van der Waals surface area contributed by atoms with Crippen molar-refractivity contribution >= 4 is 12.1 Å². The molecule has 1 amide bonds. The lowest BCUT2D eigenvalue weighted by Crippen LogP contribution is -2.43. The van der Waals surface area contributed by atoms with Gasteiger partial charge in [0.25, 0.3) is 0 Å². The lowest BCUT2D eigenvalue weighted by molar-refractivity contribution is 0.0253. The summed E-state index contributed by atoms with van der Waals surface area (Å²) in [4.78, 5) is 18.0. The molecule has 0 aliphatic heterocycles. The Morgan fingerprint density at radius 1 is 1.33 bits per heavy atom. The number of carbonyl (C=O) groups is 1. The van der Waals surface area contributed by atoms with Crippen molar-refractivity contribution in [3.05, 3.63) is 0 Å². The van der Waals surface area contributed by atoms with Gasteiger partial charge in [-0.15, -0.1) is 0 Å². The topological polar surface area (TPSA) is 80.0 Å². The molecule has 124 valence electrons. The largest absolute Gasteiger partial charge is 0.444 e. The van der Waals surface area contributed by atoms with Crippen LogP contribution >= 0.6 is 0 Å². The fourth-order valence-electron chi connectivity index (χ4n) is 1.55. The molecule has 0 fully saturated rings. The molecule has 0 unspecified atom stereocenters. The van der Waals surface area contributed by atoms with E-state index in [1.54, 1.807) is 4.90 Å². The van der Waals surface area contributed by atoms with E-state index in [-0.39, 0.29) is 6.09 Å². The van der Waals surface area contributed by atoms with Gasteiger partial charge in [0.2, 0.25) is 0 Å². The number of hydrogen-bond acceptors (Lipinski definition) is 3. The summed E-state index contributed by atoms with van der Waals surface area (Å²) in [7, 11) is 0. The summed E-state index contributed by atoms with van der Waals surface area (Å²) >= 11 is 0. The van der Waals surface area contributed by atoms with Crippen LogP contribution in [-0.2, 0) is 4.74 Å². The summed E-state index contributed by atoms with van der Waals surface area (Å²) in [6.07, 6.45) is 0.597. The van der Waals surface area contributed by atoms with Crippen LogP contribution < -0.4 is 11.1 Å². The van der Waals surface area contributed by atoms with Crippen molar-refractivity contribution in [2.75, 3.05) is 26.2 Å². The average molecular weight is 300 g/mol. The van der Waals surface area contributed by atoms with Gasteiger partial charge < -0.3 is 20.7 Å². The highest BCUT2D eigenvalue weighted by Crippen LogP contribution is 2.09. The smallest absolute Gasteiger partial charge is 0.410 e. The molecule has 0 rings (SSSR count). The zero-order valence-corrected chi connectivity index (χ0v) is 14.4. The summed E-state index contributed by atoms with van der Waals surface area (Å²) < 4.78 is 5.39. The van der Waals surface area contributed by atoms with E-state index < -0.39 is 5.60 Å². The molecule has 0 saturated heterocycles. The van der Waals surface area contributed by atoms with Gasteiger partial charge in [-0.2, -0.15) is 0 Å². The maximum atomic E-state index is 12.1. The molecule has 0 saturated carbocycles. The van der Waals surface area contributed by atoms with E-state index in [0.29, 0.717) is 38.1 Å². The van der Waals surface area contributed by atoms with Crippen molar-refractivity contribution in [2.24, 2.45) is 16.6 Å². The minimum Gasteiger partial charge on any atom is -0.444 e. The minimum atomic E-state index is -0.478. The van der Waals surface area contributed by atoms with E-state index in [9.17, 15) is 4.79 Å². The monoisotopic (exact) mass is 300 g/mol. The molecule has 6 nitrogen and oxygen atoms in total. The van der Waals surface area contributed by atoms with Crippen LogP contribution in [0.3, 0.4) is 0 Å². The molecule has 0 bridgehead atoms. The second-order valence-electron chi connectivity index (χ2n) is 6.51. The highest BCUT2D eigenvalue weighted by Gasteiger charge is 2.21. The van der Waals surface area contributed by atoms with Crippen LogP contribution in [0.4, 0.5) is 4.79 Å². The second kappa shape index (κ2) is 9.47. The standard InChI is InChI=1S/C15H32N4O2/c1-7-9-19(14(20)21-15(4,5)6)10-8-17-13(16)18-11-12(2)3/h12H,7-11H2,1-6H3,(H3,16,17,18). The number of carbonyl (C=O) groups excluding carboxylic acids is 1. The first-order chi connectivity index (χ1) is 9.65. The lowest BCUT2D eigenvalue weighted by Gasteiger charge is -2.27. The molecule has 0 aliphatic carbocycles. The Morgan fingerprint density at radius 2 is 1.95 bits per heavy atom. The van der Waals surface area contributed by atoms with Crippen LogP contribution in [0.25, 0.3) is 0 Å². The first-order valence-electron chi connectivity index (χ1n) is 7.67. The molecule has 0 heterocycles. The number of nitrogens with two attached hydrogens (primary N) is 1. The van der Waals surface area contributed by atoms with Crippen molar-refractivity contribution in [2.45, 2.75) is 53.6 Å². The maximum absolute atomic E-state index is 12.1. The molecular weight excluding hydrogens is 268 g/mol. The number of ether oxygens (including phenoxy) is 1. The molecule has 0 atom stereocenters. The van der Waals surface area contributed by atoms with Gasteiger partial charge in [-0.1, -0.05) is 20.8 Å². The molecular formula is C15H32N4O2. The molecule has 0 aromatic heterocycles. The predicted octanol–water partition coefficient (Wildman–Crippen LogP) is 2.19. The number of nitrogens with one attached hydrogen (secondary N) is 1. The minimum absolute atomic E-state index is 0.288. The van der Waals surface area contributed by atoms with Gasteiger partial charge in [-0.3, -0.25) is 4.99 Å². The number of guanidine groups is 1. The Bertz CT molecular complexity index is 335. The molecule has 21 heavy (non-hydrogen) atoms. The van der Waals surface area contributed by atoms with Gasteiger partial charge in [0, 0.05) is 26.2 Å². The summed E-state index contributed by atoms with van der Waals surface area (Å²) in [6, 6.07) is 0. The molecule has 6 heteroatoms. The third-order valence-corrected chi connectivity index (χ3v) is 2.46. The Labute approximate surface area is 129 Å². The lowest BCUT2D eigenvalue weighted by atomic mass is 10.2. The van der Waals surface area contributed by atoms with E-state index in [0.717, 1.165) is 6.42 Å². The SMILES string of the molecule is CCCN(CCNC(N)=NCC(C)C)C(=O)OC(C)(C)C. The maximum Gasteiger partial charge on any atom is 0.410 e. The van der Waals surface area contributed by atoms with Crippen molar-refractivity contribution < 1.29 is 9.53 Å². The number of hydrogen-bond donors (Lipinski definition) is 2. The zero-order chi connectivity index (χ0) is 16.5. The van der Waals surface area contributed by atoms with E-state index in [2.05, 4.69) is 24.2 Å². The van der Waals surface area contributed by atoms with Crippen molar-refractivity contribution in [1.29, 1.82) is 0 Å². The summed E-state index contributed by atoms with van der Waals surface area (Å²) in [6.45, 7) is 14.3. The Kier molecular flexibility index (Phi) is 8.81. The van der Waals surface area contributed by atoms with E-state index >= 15 is 0 Å². The first kappa shape index (κ1) is 19.5. The van der Waals surface area contributed by atoms with Crippen LogP contribution in [0, 0.1) is 5.92 Å². The zero-order valence-electron chi connectivity index (χ0n) is 14.4. The molecule has 0 aliphatic rings. The van der Waals surface area contributed by atoms with Crippen LogP contribution in [0.2, 0.25) is 0 Å². The van der Waals surface area contributed by atoms with Crippen molar-refractivity contribution in [3.63, 3.8) is 0 Å².